The minimum atomic E-state index is -1.09. The monoisotopic (exact) mass is 465 g/mol. The van der Waals surface area contributed by atoms with E-state index in [-0.39, 0.29) is 11.7 Å². The van der Waals surface area contributed by atoms with E-state index in [0.717, 1.165) is 18.4 Å². The first-order chi connectivity index (χ1) is 16.5. The van der Waals surface area contributed by atoms with Crippen molar-refractivity contribution in [2.75, 3.05) is 26.3 Å². The van der Waals surface area contributed by atoms with Gasteiger partial charge in [-0.3, -0.25) is 0 Å². The summed E-state index contributed by atoms with van der Waals surface area (Å²) in [5, 5.41) is 3.33. The van der Waals surface area contributed by atoms with Gasteiger partial charge in [-0.1, -0.05) is 6.07 Å². The molecule has 6 nitrogen and oxygen atoms in total. The Bertz CT molecular complexity index is 1250. The lowest BCUT2D eigenvalue weighted by Crippen LogP contribution is -2.56. The van der Waals surface area contributed by atoms with Crippen molar-refractivity contribution < 1.29 is 23.0 Å². The lowest BCUT2D eigenvalue weighted by molar-refractivity contribution is -0.0973. The van der Waals surface area contributed by atoms with Gasteiger partial charge in [0.1, 0.15) is 17.6 Å². The quantitative estimate of drug-likeness (QED) is 0.553. The van der Waals surface area contributed by atoms with E-state index in [0.29, 0.717) is 54.3 Å². The van der Waals surface area contributed by atoms with Crippen LogP contribution >= 0.6 is 0 Å². The molecule has 6 rings (SSSR count). The molecular weight excluding hydrogens is 440 g/mol. The number of nitrogens with two attached hydrogens (primary N) is 1. The average molecular weight is 466 g/mol. The highest BCUT2D eigenvalue weighted by Gasteiger charge is 2.48. The Labute approximate surface area is 196 Å². The predicted octanol–water partition coefficient (Wildman–Crippen LogP) is 4.17. The number of hydrogen-bond donors (Lipinski definition) is 2. The molecule has 34 heavy (non-hydrogen) atoms. The molecule has 1 aromatic heterocycles. The molecule has 4 heterocycles. The van der Waals surface area contributed by atoms with Crippen LogP contribution in [-0.4, -0.2) is 37.5 Å². The highest BCUT2D eigenvalue weighted by atomic mass is 19.1. The van der Waals surface area contributed by atoms with Crippen molar-refractivity contribution in [1.82, 2.24) is 10.3 Å². The van der Waals surface area contributed by atoms with Crippen molar-refractivity contribution in [3.05, 3.63) is 77.1 Å². The highest BCUT2D eigenvalue weighted by Crippen LogP contribution is 2.52. The normalized spacial score (nSPS) is 24.4. The second-order valence-electron chi connectivity index (χ2n) is 9.04. The number of pyridine rings is 1. The second kappa shape index (κ2) is 8.39. The van der Waals surface area contributed by atoms with Crippen LogP contribution in [0.5, 0.6) is 11.5 Å². The zero-order chi connectivity index (χ0) is 23.3. The molecule has 176 valence electrons. The van der Waals surface area contributed by atoms with Gasteiger partial charge in [0.25, 0.3) is 0 Å². The maximum absolute atomic E-state index is 15.5. The minimum absolute atomic E-state index is 0.138. The molecule has 2 fully saturated rings. The lowest BCUT2D eigenvalue weighted by atomic mass is 9.78. The van der Waals surface area contributed by atoms with Crippen LogP contribution in [0.2, 0.25) is 0 Å². The molecular formula is C26H25F2N3O3. The fourth-order valence-electron chi connectivity index (χ4n) is 5.29. The minimum Gasteiger partial charge on any atom is -0.453 e. The van der Waals surface area contributed by atoms with E-state index in [9.17, 15) is 4.39 Å². The first-order valence-electron chi connectivity index (χ1n) is 11.5. The Kier molecular flexibility index (Phi) is 5.33. The zero-order valence-corrected chi connectivity index (χ0v) is 18.5. The summed E-state index contributed by atoms with van der Waals surface area (Å²) >= 11 is 0. The van der Waals surface area contributed by atoms with E-state index < -0.39 is 23.6 Å². The molecule has 3 aromatic rings. The van der Waals surface area contributed by atoms with Crippen LogP contribution < -0.4 is 15.8 Å². The summed E-state index contributed by atoms with van der Waals surface area (Å²) in [5.74, 6) is -0.225. The van der Waals surface area contributed by atoms with E-state index in [1.165, 1.54) is 6.20 Å². The molecule has 1 unspecified atom stereocenters. The van der Waals surface area contributed by atoms with Crippen LogP contribution in [0, 0.1) is 11.8 Å². The summed E-state index contributed by atoms with van der Waals surface area (Å²) in [4.78, 5) is 3.77. The summed E-state index contributed by atoms with van der Waals surface area (Å²) in [7, 11) is 0. The Morgan fingerprint density at radius 1 is 1.06 bits per heavy atom. The number of halogens is 2. The van der Waals surface area contributed by atoms with Gasteiger partial charge < -0.3 is 25.3 Å². The number of ether oxygens (including phenoxy) is 3. The van der Waals surface area contributed by atoms with Gasteiger partial charge in [-0.15, -0.1) is 0 Å². The fraction of sp³-hybridized carbons (Fsp3) is 0.346. The van der Waals surface area contributed by atoms with Crippen LogP contribution in [0.15, 0.2) is 48.7 Å². The third-order valence-electron chi connectivity index (χ3n) is 6.96. The van der Waals surface area contributed by atoms with E-state index >= 15 is 4.39 Å². The predicted molar refractivity (Wildman–Crippen MR) is 122 cm³/mol. The molecule has 0 amide bonds. The van der Waals surface area contributed by atoms with Crippen LogP contribution in [0.25, 0.3) is 11.1 Å². The summed E-state index contributed by atoms with van der Waals surface area (Å²) in [6, 6.07) is 12.2. The molecule has 1 spiro atoms. The molecule has 2 saturated heterocycles. The number of fused-ring (bicyclic) bond motifs is 4. The van der Waals surface area contributed by atoms with Gasteiger partial charge >= 0.3 is 0 Å². The van der Waals surface area contributed by atoms with Crippen LogP contribution in [0.4, 0.5) is 8.78 Å². The van der Waals surface area contributed by atoms with E-state index in [2.05, 4.69) is 10.3 Å². The van der Waals surface area contributed by atoms with Crippen LogP contribution in [0.1, 0.15) is 35.4 Å². The third-order valence-corrected chi connectivity index (χ3v) is 6.96. The molecule has 0 saturated carbocycles. The number of nitrogens with zero attached hydrogens (tertiary/aromatic N) is 1. The fourth-order valence-corrected chi connectivity index (χ4v) is 5.29. The van der Waals surface area contributed by atoms with Gasteiger partial charge in [0.05, 0.1) is 0 Å². The average Bonchev–Trinajstić information content (AvgIpc) is 2.86. The van der Waals surface area contributed by atoms with Crippen molar-refractivity contribution in [2.24, 2.45) is 5.73 Å². The number of rotatable bonds is 2. The van der Waals surface area contributed by atoms with Crippen molar-refractivity contribution >= 4 is 0 Å². The Morgan fingerprint density at radius 3 is 2.71 bits per heavy atom. The largest absolute Gasteiger partial charge is 0.453 e. The summed E-state index contributed by atoms with van der Waals surface area (Å²) < 4.78 is 48.0. The van der Waals surface area contributed by atoms with E-state index in [4.69, 9.17) is 19.9 Å². The number of morpholine rings is 1. The molecule has 3 aliphatic rings. The molecule has 2 atom stereocenters. The van der Waals surface area contributed by atoms with Gasteiger partial charge in [-0.05, 0) is 66.3 Å². The van der Waals surface area contributed by atoms with E-state index in [1.54, 1.807) is 30.3 Å². The smallest absolute Gasteiger partial charge is 0.220 e. The first kappa shape index (κ1) is 21.6. The molecule has 3 N–H and O–H groups in total. The zero-order valence-electron chi connectivity index (χ0n) is 18.5. The van der Waals surface area contributed by atoms with E-state index in [1.807, 2.05) is 12.1 Å². The van der Waals surface area contributed by atoms with Gasteiger partial charge in [0, 0.05) is 49.2 Å². The van der Waals surface area contributed by atoms with Crippen molar-refractivity contribution in [1.29, 1.82) is 0 Å². The number of benzene rings is 2. The van der Waals surface area contributed by atoms with Crippen molar-refractivity contribution in [2.45, 2.75) is 30.6 Å². The standard InChI is InChI=1S/C26H25F2N3O3/c27-21-12-17(15-5-8-32-9-6-15)11-20-24(21)33-22-4-3-16(18-2-1-7-31-25(18)28)10-19(22)26(20)14-30-13-23(29)34-26/h1-4,7,10-12,15,23,30H,5-6,8-9,13-14,29H2/t23-,26?/m0/s1. The molecule has 0 bridgehead atoms. The van der Waals surface area contributed by atoms with Gasteiger partial charge in [0.2, 0.25) is 5.95 Å². The maximum atomic E-state index is 15.5. The summed E-state index contributed by atoms with van der Waals surface area (Å²) in [5.41, 5.74) is 8.30. The van der Waals surface area contributed by atoms with Crippen LogP contribution in [-0.2, 0) is 15.1 Å². The molecule has 8 heteroatoms. The Hall–Kier alpha value is -2.91. The molecule has 3 aliphatic heterocycles. The number of aromatic nitrogens is 1. The van der Waals surface area contributed by atoms with Gasteiger partial charge in [-0.25, -0.2) is 9.37 Å². The number of nitrogens with one attached hydrogen (secondary N) is 1. The van der Waals surface area contributed by atoms with Crippen molar-refractivity contribution in [3.8, 4) is 22.6 Å². The summed E-state index contributed by atoms with van der Waals surface area (Å²) in [6.45, 7) is 2.14. The van der Waals surface area contributed by atoms with Crippen LogP contribution in [0.3, 0.4) is 0 Å². The second-order valence-corrected chi connectivity index (χ2v) is 9.04. The molecule has 2 aromatic carbocycles. The Balaban J connectivity index is 1.54. The molecule has 0 aliphatic carbocycles. The van der Waals surface area contributed by atoms with Gasteiger partial charge in [-0.2, -0.15) is 4.39 Å². The topological polar surface area (TPSA) is 78.6 Å². The van der Waals surface area contributed by atoms with Gasteiger partial charge in [0.15, 0.2) is 11.6 Å². The first-order valence-corrected chi connectivity index (χ1v) is 11.5. The third kappa shape index (κ3) is 3.49. The molecule has 0 radical (unpaired) electrons. The summed E-state index contributed by atoms with van der Waals surface area (Å²) in [6.07, 6.45) is 2.45. The highest BCUT2D eigenvalue weighted by molar-refractivity contribution is 5.69. The SMILES string of the molecule is N[C@@H]1CNCC2(O1)c1cc(-c3cccnc3F)ccc1Oc1c(F)cc(C3CCOCC3)cc12. The van der Waals surface area contributed by atoms with Crippen molar-refractivity contribution in [3.63, 3.8) is 0 Å². The number of hydrogen-bond acceptors (Lipinski definition) is 6. The maximum Gasteiger partial charge on any atom is 0.220 e. The Morgan fingerprint density at radius 2 is 1.91 bits per heavy atom. The lowest BCUT2D eigenvalue weighted by Gasteiger charge is -2.45.